The minimum absolute atomic E-state index is 0. The second kappa shape index (κ2) is 15.8. The minimum Gasteiger partial charge on any atom is -1.00 e. The van der Waals surface area contributed by atoms with E-state index in [0.717, 1.165) is 0 Å². The maximum absolute atomic E-state index is 0. The van der Waals surface area contributed by atoms with Gasteiger partial charge in [-0.2, -0.15) is 0 Å². The maximum atomic E-state index is 0. The summed E-state index contributed by atoms with van der Waals surface area (Å²) in [5, 5.41) is 0. The van der Waals surface area contributed by atoms with Crippen molar-refractivity contribution in [3.63, 3.8) is 0 Å². The standard InChI is InChI=1S/Al.Ca.Sr.Zn.7H/q;2*+2;;;;;4*-1. The van der Waals surface area contributed by atoms with Crippen LogP contribution in [-0.4, -0.2) is 101 Å². The fourth-order valence-corrected chi connectivity index (χ4v) is 0. The minimum atomic E-state index is 0. The second-order valence-electron chi connectivity index (χ2n) is 0. The van der Waals surface area contributed by atoms with Crippen molar-refractivity contribution in [2.75, 3.05) is 0 Å². The first-order chi connectivity index (χ1) is 0. The van der Waals surface area contributed by atoms with Crippen molar-refractivity contribution in [2.24, 2.45) is 0 Å². The first kappa shape index (κ1) is 24.7. The van der Waals surface area contributed by atoms with Crippen LogP contribution in [0.3, 0.4) is 0 Å². The average Bonchev–Trinajstić information content (AvgIpc) is 0. The van der Waals surface area contributed by atoms with Gasteiger partial charge in [0.25, 0.3) is 0 Å². The van der Waals surface area contributed by atoms with Crippen LogP contribution in [0.5, 0.6) is 0 Å². The molecular formula is H7AlCaSrZn. The molecule has 0 radical (unpaired) electrons. The van der Waals surface area contributed by atoms with Crippen molar-refractivity contribution in [2.45, 2.75) is 0 Å². The normalized spacial score (nSPS) is 0. The zero-order valence-electron chi connectivity index (χ0n) is 6.12. The topological polar surface area (TPSA) is 0 Å². The molecule has 0 saturated heterocycles. The summed E-state index contributed by atoms with van der Waals surface area (Å²) in [5.41, 5.74) is 0. The molecule has 0 atom stereocenters. The molecule has 4 heavy (non-hydrogen) atoms. The van der Waals surface area contributed by atoms with Gasteiger partial charge in [0.05, 0.1) is 0 Å². The third kappa shape index (κ3) is 9.31. The van der Waals surface area contributed by atoms with Gasteiger partial charge in [-0.25, -0.2) is 0 Å². The zero-order chi connectivity index (χ0) is 0. The molecule has 0 aliphatic heterocycles. The Morgan fingerprint density at radius 2 is 1.25 bits per heavy atom. The molecule has 16 valence electrons. The molecule has 0 N–H and O–H groups in total. The van der Waals surface area contributed by atoms with Gasteiger partial charge >= 0.3 is 83.2 Å². The first-order valence-electron chi connectivity index (χ1n) is 0. The van der Waals surface area contributed by atoms with Crippen LogP contribution in [0.4, 0.5) is 0 Å². The molecule has 0 saturated carbocycles. The Kier molecular flexibility index (Phi) is 97.7. The molecule has 0 aromatic carbocycles. The zero-order valence-corrected chi connectivity index (χ0v) is 10.8. The molecule has 0 bridgehead atoms. The Morgan fingerprint density at radius 1 is 1.25 bits per heavy atom. The van der Waals surface area contributed by atoms with E-state index in [4.69, 9.17) is 0 Å². The van der Waals surface area contributed by atoms with Gasteiger partial charge in [0.1, 0.15) is 0 Å². The molecule has 0 aromatic rings. The van der Waals surface area contributed by atoms with E-state index in [2.05, 4.69) is 0 Å². The van der Waals surface area contributed by atoms with Gasteiger partial charge in [0, 0.05) is 19.5 Å². The third-order valence-electron chi connectivity index (χ3n) is 0. The Morgan fingerprint density at radius 3 is 1.25 bits per heavy atom. The van der Waals surface area contributed by atoms with Crippen molar-refractivity contribution in [1.29, 1.82) is 0 Å². The smallest absolute Gasteiger partial charge is 1.00 e. The van der Waals surface area contributed by atoms with Gasteiger partial charge in [0.15, 0.2) is 17.4 Å². The maximum Gasteiger partial charge on any atom is 2.00 e. The van der Waals surface area contributed by atoms with Crippen molar-refractivity contribution < 1.29 is 25.2 Å². The van der Waals surface area contributed by atoms with Crippen LogP contribution in [0.1, 0.15) is 5.71 Å². The number of hydrogen-bond donors (Lipinski definition) is 0. The van der Waals surface area contributed by atoms with E-state index < -0.39 is 0 Å². The summed E-state index contributed by atoms with van der Waals surface area (Å²) in [5.74, 6) is 0. The predicted molar refractivity (Wildman–Crippen MR) is 25.9 cm³/mol. The molecule has 0 aliphatic carbocycles. The number of hydrogen-bond acceptors (Lipinski definition) is 0. The van der Waals surface area contributed by atoms with E-state index >= 15 is 0 Å². The fourth-order valence-electron chi connectivity index (χ4n) is 0. The molecule has 0 unspecified atom stereocenters. The van der Waals surface area contributed by atoms with Crippen LogP contribution in [0.15, 0.2) is 0 Å². The van der Waals surface area contributed by atoms with Crippen molar-refractivity contribution >= 4 is 101 Å². The van der Waals surface area contributed by atoms with Gasteiger partial charge in [-0.3, -0.25) is 0 Å². The summed E-state index contributed by atoms with van der Waals surface area (Å²) < 4.78 is 0. The summed E-state index contributed by atoms with van der Waals surface area (Å²) >= 11 is 0. The van der Waals surface area contributed by atoms with Gasteiger partial charge in [-0.05, 0) is 0 Å². The largest absolute Gasteiger partial charge is 2.00 e. The second-order valence-corrected chi connectivity index (χ2v) is 0. The fraction of sp³-hybridized carbons (Fsp3) is 0. The molecular weight excluding hydrogens is 220 g/mol. The number of rotatable bonds is 0. The van der Waals surface area contributed by atoms with Crippen LogP contribution < -0.4 is 0 Å². The molecule has 0 nitrogen and oxygen atoms in total. The molecule has 0 aliphatic rings. The van der Waals surface area contributed by atoms with Crippen molar-refractivity contribution in [3.8, 4) is 0 Å². The summed E-state index contributed by atoms with van der Waals surface area (Å²) in [6.07, 6.45) is 0. The quantitative estimate of drug-likeness (QED) is 0.442. The molecule has 0 rings (SSSR count). The van der Waals surface area contributed by atoms with Crippen LogP contribution in [-0.2, 0) is 19.5 Å². The van der Waals surface area contributed by atoms with E-state index in [1.54, 1.807) is 0 Å². The van der Waals surface area contributed by atoms with Gasteiger partial charge < -0.3 is 5.71 Å². The molecule has 0 amide bonds. The Balaban J connectivity index is 0. The van der Waals surface area contributed by atoms with Gasteiger partial charge in [-0.1, -0.05) is 0 Å². The van der Waals surface area contributed by atoms with E-state index in [-0.39, 0.29) is 126 Å². The molecule has 0 spiro atoms. The monoisotopic (exact) mass is 226 g/mol. The SMILES string of the molecule is [AlH3].[Ca+2].[H-].[H-].[H-].[H-].[Sr+2].[Zn]. The van der Waals surface area contributed by atoms with E-state index in [0.29, 0.717) is 0 Å². The van der Waals surface area contributed by atoms with Crippen LogP contribution in [0, 0.1) is 0 Å². The van der Waals surface area contributed by atoms with E-state index in [9.17, 15) is 0 Å². The first-order valence-corrected chi connectivity index (χ1v) is 0. The average molecular weight is 227 g/mol. The van der Waals surface area contributed by atoms with Gasteiger partial charge in [-0.15, -0.1) is 0 Å². The molecule has 4 heteroatoms. The van der Waals surface area contributed by atoms with E-state index in [1.807, 2.05) is 0 Å². The Hall–Kier alpha value is 3.90. The molecule has 0 aromatic heterocycles. The van der Waals surface area contributed by atoms with Crippen LogP contribution in [0.25, 0.3) is 0 Å². The van der Waals surface area contributed by atoms with Crippen molar-refractivity contribution in [1.82, 2.24) is 0 Å². The van der Waals surface area contributed by atoms with E-state index in [1.165, 1.54) is 0 Å². The Labute approximate surface area is 123 Å². The van der Waals surface area contributed by atoms with Gasteiger partial charge in [0.2, 0.25) is 0 Å². The summed E-state index contributed by atoms with van der Waals surface area (Å²) in [7, 11) is 0. The third-order valence-corrected chi connectivity index (χ3v) is 0. The van der Waals surface area contributed by atoms with Crippen LogP contribution in [0.2, 0.25) is 0 Å². The predicted octanol–water partition coefficient (Wildman–Crippen LogP) is -1.50. The van der Waals surface area contributed by atoms with Crippen molar-refractivity contribution in [3.05, 3.63) is 0 Å². The van der Waals surface area contributed by atoms with Crippen LogP contribution >= 0.6 is 0 Å². The summed E-state index contributed by atoms with van der Waals surface area (Å²) in [6, 6.07) is 0. The molecule has 0 fully saturated rings. The molecule has 0 heterocycles. The summed E-state index contributed by atoms with van der Waals surface area (Å²) in [4.78, 5) is 0. The summed E-state index contributed by atoms with van der Waals surface area (Å²) in [6.45, 7) is 0. The Bertz CT molecular complexity index is 16.0.